The van der Waals surface area contributed by atoms with Gasteiger partial charge < -0.3 is 10.1 Å². The second kappa shape index (κ2) is 9.65. The van der Waals surface area contributed by atoms with E-state index in [2.05, 4.69) is 10.4 Å². The monoisotopic (exact) mass is 465 g/mol. The minimum Gasteiger partial charge on any atom is -0.452 e. The second-order valence-corrected chi connectivity index (χ2v) is 9.92. The Balaban J connectivity index is 1.55. The summed E-state index contributed by atoms with van der Waals surface area (Å²) in [5, 5.41) is 7.24. The number of halogens is 1. The topological polar surface area (TPSA) is 107 Å². The van der Waals surface area contributed by atoms with E-state index < -0.39 is 28.3 Å². The number of benzene rings is 1. The number of aromatic nitrogens is 2. The molecule has 1 N–H and O–H groups in total. The van der Waals surface area contributed by atoms with E-state index in [1.54, 1.807) is 19.1 Å². The van der Waals surface area contributed by atoms with E-state index in [1.807, 2.05) is 19.1 Å². The van der Waals surface area contributed by atoms with E-state index in [0.29, 0.717) is 23.4 Å². The minimum absolute atomic E-state index is 0.00464. The van der Waals surface area contributed by atoms with Crippen LogP contribution in [0.4, 0.5) is 5.69 Å². The van der Waals surface area contributed by atoms with Crippen LogP contribution in [0.3, 0.4) is 0 Å². The Kier molecular flexibility index (Phi) is 7.17. The Morgan fingerprint density at radius 2 is 2.03 bits per heavy atom. The van der Waals surface area contributed by atoms with Gasteiger partial charge in [-0.3, -0.25) is 4.79 Å². The Labute approximate surface area is 186 Å². The van der Waals surface area contributed by atoms with Crippen molar-refractivity contribution in [3.05, 3.63) is 52.3 Å². The number of hydrogen-bond donors (Lipinski definition) is 1. The molecule has 2 heterocycles. The summed E-state index contributed by atoms with van der Waals surface area (Å²) in [5.41, 5.74) is 2.84. The fourth-order valence-corrected chi connectivity index (χ4v) is 5.36. The summed E-state index contributed by atoms with van der Waals surface area (Å²) < 4.78 is 29.9. The molecule has 2 aromatic rings. The molecule has 10 heteroatoms. The molecule has 3 rings (SSSR count). The normalized spacial score (nSPS) is 17.7. The first-order chi connectivity index (χ1) is 14.7. The summed E-state index contributed by atoms with van der Waals surface area (Å²) in [4.78, 5) is 23.9. The van der Waals surface area contributed by atoms with Gasteiger partial charge in [-0.05, 0) is 43.5 Å². The average molecular weight is 466 g/mol. The van der Waals surface area contributed by atoms with E-state index in [-0.39, 0.29) is 22.7 Å². The Morgan fingerprint density at radius 3 is 2.65 bits per heavy atom. The lowest BCUT2D eigenvalue weighted by molar-refractivity contribution is -0.142. The largest absolute Gasteiger partial charge is 0.452 e. The highest BCUT2D eigenvalue weighted by atomic mass is 35.5. The van der Waals surface area contributed by atoms with Crippen LogP contribution in [0.5, 0.6) is 0 Å². The zero-order chi connectivity index (χ0) is 22.6. The summed E-state index contributed by atoms with van der Waals surface area (Å²) in [6, 6.07) is 7.09. The van der Waals surface area contributed by atoms with Crippen LogP contribution in [-0.2, 0) is 30.6 Å². The quantitative estimate of drug-likeness (QED) is 0.497. The van der Waals surface area contributed by atoms with Crippen molar-refractivity contribution >= 4 is 45.1 Å². The predicted octanol–water partition coefficient (Wildman–Crippen LogP) is 2.96. The van der Waals surface area contributed by atoms with Crippen LogP contribution in [0.25, 0.3) is 6.08 Å². The van der Waals surface area contributed by atoms with Gasteiger partial charge in [-0.1, -0.05) is 30.7 Å². The highest BCUT2D eigenvalue weighted by Crippen LogP contribution is 2.30. The number of aryl methyl sites for hydroxylation is 2. The highest BCUT2D eigenvalue weighted by Gasteiger charge is 2.31. The van der Waals surface area contributed by atoms with E-state index in [9.17, 15) is 18.0 Å². The van der Waals surface area contributed by atoms with Gasteiger partial charge in [-0.25, -0.2) is 17.9 Å². The van der Waals surface area contributed by atoms with Gasteiger partial charge in [-0.15, -0.1) is 0 Å². The minimum atomic E-state index is -3.08. The van der Waals surface area contributed by atoms with Gasteiger partial charge in [0.15, 0.2) is 16.4 Å². The van der Waals surface area contributed by atoms with Crippen molar-refractivity contribution in [3.63, 3.8) is 0 Å². The van der Waals surface area contributed by atoms with Crippen LogP contribution in [0.15, 0.2) is 30.3 Å². The SMILES string of the molecule is CCc1ccc(NC(=O)COC(=O)/C=C/c2c(C)nn([C@H]3CCS(=O)(=O)C3)c2Cl)cc1. The Hall–Kier alpha value is -2.65. The summed E-state index contributed by atoms with van der Waals surface area (Å²) in [5.74, 6) is -1.05. The lowest BCUT2D eigenvalue weighted by atomic mass is 10.1. The molecule has 31 heavy (non-hydrogen) atoms. The number of rotatable bonds is 7. The van der Waals surface area contributed by atoms with Crippen LogP contribution >= 0.6 is 11.6 Å². The Bertz CT molecular complexity index is 1110. The number of sulfone groups is 1. The first-order valence-electron chi connectivity index (χ1n) is 9.87. The third kappa shape index (κ3) is 5.95. The van der Waals surface area contributed by atoms with Gasteiger partial charge in [0.05, 0.1) is 23.2 Å². The maximum Gasteiger partial charge on any atom is 0.331 e. The van der Waals surface area contributed by atoms with Gasteiger partial charge >= 0.3 is 5.97 Å². The molecule has 1 aromatic heterocycles. The highest BCUT2D eigenvalue weighted by molar-refractivity contribution is 7.91. The zero-order valence-electron chi connectivity index (χ0n) is 17.3. The molecule has 1 aliphatic heterocycles. The van der Waals surface area contributed by atoms with Gasteiger partial charge in [0.25, 0.3) is 5.91 Å². The molecule has 1 saturated heterocycles. The van der Waals surface area contributed by atoms with Crippen molar-refractivity contribution in [2.24, 2.45) is 0 Å². The molecular weight excluding hydrogens is 442 g/mol. The zero-order valence-corrected chi connectivity index (χ0v) is 18.9. The summed E-state index contributed by atoms with van der Waals surface area (Å²) in [6.45, 7) is 3.33. The Morgan fingerprint density at radius 1 is 1.32 bits per heavy atom. The van der Waals surface area contributed by atoms with E-state index in [1.165, 1.54) is 10.8 Å². The van der Waals surface area contributed by atoms with Crippen molar-refractivity contribution in [3.8, 4) is 0 Å². The van der Waals surface area contributed by atoms with Crippen molar-refractivity contribution in [2.75, 3.05) is 23.4 Å². The van der Waals surface area contributed by atoms with Crippen molar-refractivity contribution in [2.45, 2.75) is 32.7 Å². The van der Waals surface area contributed by atoms with E-state index in [0.717, 1.165) is 18.1 Å². The van der Waals surface area contributed by atoms with Crippen LogP contribution in [-0.4, -0.2) is 48.2 Å². The fraction of sp³-hybridized carbons (Fsp3) is 0.381. The van der Waals surface area contributed by atoms with Crippen molar-refractivity contribution in [1.82, 2.24) is 9.78 Å². The molecule has 0 spiro atoms. The van der Waals surface area contributed by atoms with Crippen LogP contribution < -0.4 is 5.32 Å². The maximum absolute atomic E-state index is 12.0. The number of nitrogens with zero attached hydrogens (tertiary/aromatic N) is 2. The molecule has 0 unspecified atom stereocenters. The van der Waals surface area contributed by atoms with E-state index >= 15 is 0 Å². The summed E-state index contributed by atoms with van der Waals surface area (Å²) in [7, 11) is -3.08. The standard InChI is InChI=1S/C21H24ClN3O5S/c1-3-15-4-6-16(7-5-15)23-19(26)12-30-20(27)9-8-18-14(2)24-25(21(18)22)17-10-11-31(28,29)13-17/h4-9,17H,3,10-13H2,1-2H3,(H,23,26)/b9-8+/t17-/m0/s1. The molecule has 8 nitrogen and oxygen atoms in total. The number of ether oxygens (including phenoxy) is 1. The molecule has 1 aliphatic rings. The van der Waals surface area contributed by atoms with Crippen LogP contribution in [0, 0.1) is 6.92 Å². The number of carbonyl (C=O) groups is 2. The average Bonchev–Trinajstić information content (AvgIpc) is 3.23. The van der Waals surface area contributed by atoms with Gasteiger partial charge in [-0.2, -0.15) is 5.10 Å². The fourth-order valence-electron chi connectivity index (χ4n) is 3.29. The number of nitrogens with one attached hydrogen (secondary N) is 1. The molecule has 1 amide bonds. The molecule has 0 saturated carbocycles. The van der Waals surface area contributed by atoms with E-state index in [4.69, 9.17) is 16.3 Å². The predicted molar refractivity (Wildman–Crippen MR) is 119 cm³/mol. The van der Waals surface area contributed by atoms with Gasteiger partial charge in [0.2, 0.25) is 0 Å². The summed E-state index contributed by atoms with van der Waals surface area (Å²) in [6.07, 6.45) is 3.97. The molecule has 1 aromatic carbocycles. The molecule has 1 fully saturated rings. The van der Waals surface area contributed by atoms with Crippen LogP contribution in [0.2, 0.25) is 5.15 Å². The smallest absolute Gasteiger partial charge is 0.331 e. The lowest BCUT2D eigenvalue weighted by Crippen LogP contribution is -2.20. The number of anilines is 1. The molecule has 166 valence electrons. The first-order valence-corrected chi connectivity index (χ1v) is 12.1. The first kappa shape index (κ1) is 23.0. The summed E-state index contributed by atoms with van der Waals surface area (Å²) >= 11 is 6.36. The number of carbonyl (C=O) groups excluding carboxylic acids is 2. The lowest BCUT2D eigenvalue weighted by Gasteiger charge is -2.09. The number of amides is 1. The van der Waals surface area contributed by atoms with Crippen molar-refractivity contribution in [1.29, 1.82) is 0 Å². The number of hydrogen-bond acceptors (Lipinski definition) is 6. The van der Waals surface area contributed by atoms with Crippen molar-refractivity contribution < 1.29 is 22.7 Å². The maximum atomic E-state index is 12.0. The van der Waals surface area contributed by atoms with Crippen LogP contribution in [0.1, 0.15) is 36.2 Å². The third-order valence-electron chi connectivity index (χ3n) is 5.00. The molecule has 1 atom stereocenters. The van der Waals surface area contributed by atoms with Gasteiger partial charge in [0.1, 0.15) is 5.15 Å². The number of esters is 1. The third-order valence-corrected chi connectivity index (χ3v) is 7.13. The molecule has 0 bridgehead atoms. The molecule has 0 radical (unpaired) electrons. The molecular formula is C21H24ClN3O5S. The molecule has 0 aliphatic carbocycles. The second-order valence-electron chi connectivity index (χ2n) is 7.33. The van der Waals surface area contributed by atoms with Gasteiger partial charge in [0, 0.05) is 17.3 Å².